The molecule has 0 aliphatic heterocycles. The van der Waals surface area contributed by atoms with Gasteiger partial charge in [-0.2, -0.15) is 5.10 Å². The molecule has 1 heterocycles. The number of rotatable bonds is 8. The summed E-state index contributed by atoms with van der Waals surface area (Å²) in [5, 5.41) is 6.24. The molecule has 0 atom stereocenters. The van der Waals surface area contributed by atoms with Gasteiger partial charge in [0, 0.05) is 11.6 Å². The van der Waals surface area contributed by atoms with Crippen LogP contribution in [-0.2, 0) is 4.79 Å². The predicted octanol–water partition coefficient (Wildman–Crippen LogP) is 2.71. The first-order valence-electron chi connectivity index (χ1n) is 7.74. The van der Waals surface area contributed by atoms with E-state index in [4.69, 9.17) is 18.6 Å². The van der Waals surface area contributed by atoms with Crippen molar-refractivity contribution in [2.24, 2.45) is 5.10 Å². The number of amides is 2. The van der Waals surface area contributed by atoms with E-state index in [-0.39, 0.29) is 12.1 Å². The molecule has 28 heavy (non-hydrogen) atoms. The maximum Gasteiger partial charge on any atom is 0.259 e. The summed E-state index contributed by atoms with van der Waals surface area (Å²) in [4.78, 5) is 24.1. The van der Waals surface area contributed by atoms with Gasteiger partial charge >= 0.3 is 0 Å². The average molecular weight is 519 g/mol. The van der Waals surface area contributed by atoms with Crippen LogP contribution in [0.5, 0.6) is 17.2 Å². The Morgan fingerprint density at radius 1 is 1.11 bits per heavy atom. The highest BCUT2D eigenvalue weighted by atomic mass is 79.9. The summed E-state index contributed by atoms with van der Waals surface area (Å²) < 4.78 is 22.1. The van der Waals surface area contributed by atoms with Gasteiger partial charge in [0.2, 0.25) is 5.75 Å². The molecule has 0 saturated carbocycles. The van der Waals surface area contributed by atoms with Gasteiger partial charge < -0.3 is 23.9 Å². The topological polar surface area (TPSA) is 111 Å². The Hall–Kier alpha value is -2.53. The molecule has 0 unspecified atom stereocenters. The van der Waals surface area contributed by atoms with E-state index in [0.29, 0.717) is 27.7 Å². The Morgan fingerprint density at radius 3 is 2.25 bits per heavy atom. The van der Waals surface area contributed by atoms with E-state index in [2.05, 4.69) is 47.7 Å². The Morgan fingerprint density at radius 2 is 1.75 bits per heavy atom. The summed E-state index contributed by atoms with van der Waals surface area (Å²) >= 11 is 6.46. The Bertz CT molecular complexity index is 853. The Kier molecular flexibility index (Phi) is 7.88. The van der Waals surface area contributed by atoms with Crippen LogP contribution in [0.2, 0.25) is 0 Å². The molecule has 11 heteroatoms. The van der Waals surface area contributed by atoms with Crippen molar-refractivity contribution in [1.82, 2.24) is 10.7 Å². The standard InChI is InChI=1S/C17H17Br2N3O6/c1-25-12-4-9(5-13(26-2)15(12)27-3)17(24)20-8-14(23)22-21-7-10-6-11(18)16(19)28-10/h4-7H,8H2,1-3H3,(H,20,24)(H,22,23)/b21-7+. The van der Waals surface area contributed by atoms with Crippen LogP contribution >= 0.6 is 31.9 Å². The molecule has 2 amide bonds. The van der Waals surface area contributed by atoms with Crippen molar-refractivity contribution in [3.8, 4) is 17.2 Å². The molecule has 2 N–H and O–H groups in total. The largest absolute Gasteiger partial charge is 0.493 e. The van der Waals surface area contributed by atoms with Crippen LogP contribution in [0.4, 0.5) is 0 Å². The lowest BCUT2D eigenvalue weighted by Gasteiger charge is -2.13. The zero-order valence-electron chi connectivity index (χ0n) is 15.2. The molecule has 2 rings (SSSR count). The lowest BCUT2D eigenvalue weighted by Crippen LogP contribution is -2.34. The zero-order chi connectivity index (χ0) is 20.7. The molecule has 0 spiro atoms. The van der Waals surface area contributed by atoms with Gasteiger partial charge in [-0.05, 0) is 44.0 Å². The first-order valence-corrected chi connectivity index (χ1v) is 9.33. The lowest BCUT2D eigenvalue weighted by molar-refractivity contribution is -0.120. The van der Waals surface area contributed by atoms with Crippen molar-refractivity contribution >= 4 is 49.9 Å². The van der Waals surface area contributed by atoms with Crippen LogP contribution in [0.1, 0.15) is 16.1 Å². The van der Waals surface area contributed by atoms with Gasteiger partial charge in [0.05, 0.1) is 38.6 Å². The zero-order valence-corrected chi connectivity index (χ0v) is 18.3. The van der Waals surface area contributed by atoms with Crippen LogP contribution in [0.3, 0.4) is 0 Å². The molecule has 150 valence electrons. The number of furan rings is 1. The molecule has 1 aromatic carbocycles. The first kappa shape index (κ1) is 21.8. The minimum absolute atomic E-state index is 0.246. The van der Waals surface area contributed by atoms with Crippen molar-refractivity contribution in [2.45, 2.75) is 0 Å². The fraction of sp³-hybridized carbons (Fsp3) is 0.235. The summed E-state index contributed by atoms with van der Waals surface area (Å²) in [5.41, 5.74) is 2.53. The van der Waals surface area contributed by atoms with Gasteiger partial charge in [-0.1, -0.05) is 0 Å². The number of hydrogen-bond donors (Lipinski definition) is 2. The number of hydrogen-bond acceptors (Lipinski definition) is 7. The summed E-state index contributed by atoms with van der Waals surface area (Å²) in [5.74, 6) is 0.456. The van der Waals surface area contributed by atoms with Crippen LogP contribution in [0, 0.1) is 0 Å². The average Bonchev–Trinajstić information content (AvgIpc) is 3.01. The minimum atomic E-state index is -0.512. The molecule has 2 aromatic rings. The molecule has 0 aliphatic rings. The van der Waals surface area contributed by atoms with Crippen molar-refractivity contribution in [2.75, 3.05) is 27.9 Å². The Labute approximate surface area is 177 Å². The van der Waals surface area contributed by atoms with E-state index in [9.17, 15) is 9.59 Å². The van der Waals surface area contributed by atoms with Crippen LogP contribution in [0.15, 0.2) is 36.9 Å². The van der Waals surface area contributed by atoms with E-state index >= 15 is 0 Å². The number of halogens is 2. The fourth-order valence-corrected chi connectivity index (χ4v) is 2.72. The molecule has 0 radical (unpaired) electrons. The Balaban J connectivity index is 1.95. The van der Waals surface area contributed by atoms with Crippen molar-refractivity contribution < 1.29 is 28.2 Å². The predicted molar refractivity (Wildman–Crippen MR) is 108 cm³/mol. The van der Waals surface area contributed by atoms with Gasteiger partial charge in [-0.15, -0.1) is 0 Å². The number of methoxy groups -OCH3 is 3. The summed E-state index contributed by atoms with van der Waals surface area (Å²) in [6.45, 7) is -0.279. The second kappa shape index (κ2) is 10.1. The van der Waals surface area contributed by atoms with Crippen LogP contribution in [-0.4, -0.2) is 45.9 Å². The van der Waals surface area contributed by atoms with Crippen LogP contribution < -0.4 is 25.0 Å². The molecule has 1 aromatic heterocycles. The normalized spacial score (nSPS) is 10.6. The number of benzene rings is 1. The number of ether oxygens (including phenoxy) is 3. The second-order valence-electron chi connectivity index (χ2n) is 5.16. The highest BCUT2D eigenvalue weighted by Crippen LogP contribution is 2.38. The molecule has 0 bridgehead atoms. The van der Waals surface area contributed by atoms with Gasteiger partial charge in [0.15, 0.2) is 16.2 Å². The number of nitrogens with one attached hydrogen (secondary N) is 2. The third-order valence-corrected chi connectivity index (χ3v) is 5.09. The van der Waals surface area contributed by atoms with E-state index in [1.165, 1.54) is 39.7 Å². The summed E-state index contributed by atoms with van der Waals surface area (Å²) in [6, 6.07) is 4.64. The lowest BCUT2D eigenvalue weighted by atomic mass is 10.1. The second-order valence-corrected chi connectivity index (χ2v) is 6.73. The van der Waals surface area contributed by atoms with Crippen molar-refractivity contribution in [1.29, 1.82) is 0 Å². The van der Waals surface area contributed by atoms with Gasteiger partial charge in [0.25, 0.3) is 11.8 Å². The number of carbonyl (C=O) groups is 2. The van der Waals surface area contributed by atoms with E-state index in [1.54, 1.807) is 6.07 Å². The molecule has 0 aliphatic carbocycles. The summed E-state index contributed by atoms with van der Waals surface area (Å²) in [6.07, 6.45) is 1.33. The van der Waals surface area contributed by atoms with Gasteiger partial charge in [-0.3, -0.25) is 9.59 Å². The molecular weight excluding hydrogens is 502 g/mol. The monoisotopic (exact) mass is 517 g/mol. The quantitative estimate of drug-likeness (QED) is 0.410. The SMILES string of the molecule is COc1cc(C(=O)NCC(=O)N/N=C/c2cc(Br)c(Br)o2)cc(OC)c1OC. The molecule has 9 nitrogen and oxygen atoms in total. The first-order chi connectivity index (χ1) is 13.4. The molecule has 0 fully saturated rings. The number of carbonyl (C=O) groups excluding carboxylic acids is 2. The third kappa shape index (κ3) is 5.49. The summed E-state index contributed by atoms with van der Waals surface area (Å²) in [7, 11) is 4.35. The van der Waals surface area contributed by atoms with Gasteiger partial charge in [0.1, 0.15) is 5.76 Å². The maximum absolute atomic E-state index is 12.3. The third-order valence-electron chi connectivity index (χ3n) is 3.38. The molecular formula is C17H17Br2N3O6. The van der Waals surface area contributed by atoms with Crippen LogP contribution in [0.25, 0.3) is 0 Å². The number of hydrazone groups is 1. The van der Waals surface area contributed by atoms with E-state index < -0.39 is 11.8 Å². The van der Waals surface area contributed by atoms with E-state index in [0.717, 1.165) is 4.47 Å². The van der Waals surface area contributed by atoms with Gasteiger partial charge in [-0.25, -0.2) is 5.43 Å². The maximum atomic E-state index is 12.3. The minimum Gasteiger partial charge on any atom is -0.493 e. The van der Waals surface area contributed by atoms with Crippen molar-refractivity contribution in [3.63, 3.8) is 0 Å². The highest BCUT2D eigenvalue weighted by molar-refractivity contribution is 9.13. The van der Waals surface area contributed by atoms with Crippen molar-refractivity contribution in [3.05, 3.63) is 38.7 Å². The van der Waals surface area contributed by atoms with E-state index in [1.807, 2.05) is 0 Å². The number of nitrogens with zero attached hydrogens (tertiary/aromatic N) is 1. The smallest absolute Gasteiger partial charge is 0.259 e. The highest BCUT2D eigenvalue weighted by Gasteiger charge is 2.17. The molecule has 0 saturated heterocycles. The fourth-order valence-electron chi connectivity index (χ4n) is 2.11.